The van der Waals surface area contributed by atoms with Crippen LogP contribution in [0.3, 0.4) is 0 Å². The summed E-state index contributed by atoms with van der Waals surface area (Å²) in [5.41, 5.74) is -0.471. The van der Waals surface area contributed by atoms with Crippen LogP contribution >= 0.6 is 12.2 Å². The Labute approximate surface area is 208 Å². The van der Waals surface area contributed by atoms with Crippen molar-refractivity contribution in [3.05, 3.63) is 0 Å². The molecule has 2 aliphatic rings. The van der Waals surface area contributed by atoms with E-state index in [1.165, 1.54) is 0 Å². The van der Waals surface area contributed by atoms with Gasteiger partial charge in [0.25, 0.3) is 0 Å². The minimum atomic E-state index is -0.932. The third kappa shape index (κ3) is 9.79. The molecule has 0 aromatic rings. The van der Waals surface area contributed by atoms with Gasteiger partial charge in [0, 0.05) is 13.1 Å². The number of rotatable bonds is 12. The molecular weight excluding hydrogens is 462 g/mol. The van der Waals surface area contributed by atoms with Gasteiger partial charge < -0.3 is 45.1 Å². The number of thiocarbonyl (C=S) groups is 1. The highest BCUT2D eigenvalue weighted by Gasteiger charge is 2.56. The Bertz CT molecular complexity index is 659. The number of ether oxygens (including phenoxy) is 4. The van der Waals surface area contributed by atoms with E-state index in [2.05, 4.69) is 16.0 Å². The van der Waals surface area contributed by atoms with Crippen LogP contribution in [0.5, 0.6) is 0 Å². The van der Waals surface area contributed by atoms with E-state index in [4.69, 9.17) is 31.2 Å². The molecule has 0 saturated carbocycles. The Hall–Kier alpha value is -1.24. The number of carbonyl (C=O) groups is 1. The number of alkyl carbamates (subject to hydrolysis) is 1. The van der Waals surface area contributed by atoms with Crippen molar-refractivity contribution < 1.29 is 34.0 Å². The number of aliphatic hydroxyl groups excluding tert-OH is 2. The predicted octanol–water partition coefficient (Wildman–Crippen LogP) is 1.91. The van der Waals surface area contributed by atoms with Crippen LogP contribution in [-0.2, 0) is 18.9 Å². The molecule has 0 bridgehead atoms. The molecule has 0 aliphatic carbocycles. The quantitative estimate of drug-likeness (QED) is 0.198. The average Bonchev–Trinajstić information content (AvgIpc) is 3.18. The van der Waals surface area contributed by atoms with Crippen LogP contribution in [0.4, 0.5) is 4.79 Å². The molecular formula is C23H43N3O7S. The van der Waals surface area contributed by atoms with Gasteiger partial charge in [0.2, 0.25) is 0 Å². The van der Waals surface area contributed by atoms with Crippen LogP contribution in [-0.4, -0.2) is 83.1 Å². The van der Waals surface area contributed by atoms with Crippen molar-refractivity contribution in [2.45, 2.75) is 115 Å². The van der Waals surface area contributed by atoms with Crippen molar-refractivity contribution in [1.82, 2.24) is 16.0 Å². The highest BCUT2D eigenvalue weighted by atomic mass is 32.1. The summed E-state index contributed by atoms with van der Waals surface area (Å²) in [6.07, 6.45) is 2.97. The van der Waals surface area contributed by atoms with E-state index < -0.39 is 42.0 Å². The second-order valence-corrected chi connectivity index (χ2v) is 10.7. The molecule has 1 amide bonds. The van der Waals surface area contributed by atoms with Gasteiger partial charge in [-0.3, -0.25) is 0 Å². The molecule has 0 radical (unpaired) electrons. The summed E-state index contributed by atoms with van der Waals surface area (Å²) in [6.45, 7) is 10.2. The maximum Gasteiger partial charge on any atom is 0.407 e. The Morgan fingerprint density at radius 2 is 1.65 bits per heavy atom. The molecule has 0 aromatic heterocycles. The van der Waals surface area contributed by atoms with Gasteiger partial charge in [-0.05, 0) is 59.7 Å². The van der Waals surface area contributed by atoms with Crippen LogP contribution in [0, 0.1) is 0 Å². The molecule has 0 aromatic carbocycles. The van der Waals surface area contributed by atoms with E-state index >= 15 is 0 Å². The molecule has 5 N–H and O–H groups in total. The van der Waals surface area contributed by atoms with Crippen LogP contribution < -0.4 is 16.0 Å². The van der Waals surface area contributed by atoms with Gasteiger partial charge in [-0.2, -0.15) is 0 Å². The summed E-state index contributed by atoms with van der Waals surface area (Å²) in [7, 11) is 0. The summed E-state index contributed by atoms with van der Waals surface area (Å²) in [6, 6.07) is -0.579. The molecule has 2 fully saturated rings. The third-order valence-electron chi connectivity index (χ3n) is 5.52. The van der Waals surface area contributed by atoms with Crippen molar-refractivity contribution in [2.75, 3.05) is 19.7 Å². The van der Waals surface area contributed by atoms with Gasteiger partial charge in [-0.1, -0.05) is 25.7 Å². The molecule has 2 heterocycles. The van der Waals surface area contributed by atoms with E-state index in [1.54, 1.807) is 13.8 Å². The molecule has 0 unspecified atom stereocenters. The van der Waals surface area contributed by atoms with Gasteiger partial charge in [-0.25, -0.2) is 4.79 Å². The van der Waals surface area contributed by atoms with Crippen LogP contribution in [0.1, 0.15) is 73.1 Å². The summed E-state index contributed by atoms with van der Waals surface area (Å²) in [4.78, 5) is 11.6. The molecule has 2 aliphatic heterocycles. The van der Waals surface area contributed by atoms with E-state index in [9.17, 15) is 15.0 Å². The lowest BCUT2D eigenvalue weighted by Crippen LogP contribution is -2.53. The topological polar surface area (TPSA) is 131 Å². The normalized spacial score (nSPS) is 26.6. The SMILES string of the molecule is CC(C)(C)OC(=O)NCCCCCCCCNC(=S)N[C@H](CO)[C@H]1O[C@@H]2OC(C)(C)O[C@@H]2[C@H]1O. The van der Waals surface area contributed by atoms with E-state index in [0.717, 1.165) is 38.5 Å². The fourth-order valence-electron chi connectivity index (χ4n) is 3.96. The first-order chi connectivity index (χ1) is 15.9. The molecule has 198 valence electrons. The zero-order valence-corrected chi connectivity index (χ0v) is 21.9. The number of unbranched alkanes of at least 4 members (excludes halogenated alkanes) is 5. The van der Waals surface area contributed by atoms with Crippen molar-refractivity contribution in [2.24, 2.45) is 0 Å². The number of fused-ring (bicyclic) bond motifs is 1. The van der Waals surface area contributed by atoms with Gasteiger partial charge >= 0.3 is 6.09 Å². The first kappa shape index (κ1) is 29.0. The molecule has 5 atom stereocenters. The molecule has 10 nitrogen and oxygen atoms in total. The molecule has 11 heteroatoms. The third-order valence-corrected chi connectivity index (χ3v) is 5.78. The fourth-order valence-corrected chi connectivity index (χ4v) is 4.22. The molecule has 2 rings (SSSR count). The van der Waals surface area contributed by atoms with Crippen LogP contribution in [0.2, 0.25) is 0 Å². The molecule has 34 heavy (non-hydrogen) atoms. The smallest absolute Gasteiger partial charge is 0.407 e. The highest BCUT2D eigenvalue weighted by molar-refractivity contribution is 7.80. The Morgan fingerprint density at radius 3 is 2.21 bits per heavy atom. The van der Waals surface area contributed by atoms with E-state index in [0.29, 0.717) is 18.2 Å². The van der Waals surface area contributed by atoms with Crippen molar-refractivity contribution >= 4 is 23.4 Å². The average molecular weight is 506 g/mol. The Kier molecular flexibility index (Phi) is 11.2. The second-order valence-electron chi connectivity index (χ2n) is 10.3. The van der Waals surface area contributed by atoms with Gasteiger partial charge in [0.05, 0.1) is 12.6 Å². The zero-order valence-electron chi connectivity index (χ0n) is 21.1. The summed E-state index contributed by atoms with van der Waals surface area (Å²) >= 11 is 5.33. The Morgan fingerprint density at radius 1 is 1.06 bits per heavy atom. The van der Waals surface area contributed by atoms with Gasteiger partial charge in [0.15, 0.2) is 17.2 Å². The maximum absolute atomic E-state index is 11.6. The standard InChI is InChI=1S/C23H43N3O7S/c1-22(2,3)33-21(29)25-13-11-9-7-6-8-10-12-24-20(34)26-15(14-27)17-16(28)18-19(30-17)32-23(4,5)31-18/h15-19,27-28H,6-14H2,1-5H3,(H,25,29)(H2,24,26,34)/t15-,16+,17-,18-,19-/m1/s1. The second kappa shape index (κ2) is 13.2. The molecule has 2 saturated heterocycles. The van der Waals surface area contributed by atoms with E-state index in [1.807, 2.05) is 20.8 Å². The largest absolute Gasteiger partial charge is 0.444 e. The lowest BCUT2D eigenvalue weighted by Gasteiger charge is -2.29. The lowest BCUT2D eigenvalue weighted by molar-refractivity contribution is -0.218. The number of amides is 1. The van der Waals surface area contributed by atoms with Crippen molar-refractivity contribution in [3.8, 4) is 0 Å². The minimum absolute atomic E-state index is 0.255. The highest BCUT2D eigenvalue weighted by Crippen LogP contribution is 2.38. The predicted molar refractivity (Wildman–Crippen MR) is 131 cm³/mol. The number of hydrogen-bond acceptors (Lipinski definition) is 8. The monoisotopic (exact) mass is 505 g/mol. The minimum Gasteiger partial charge on any atom is -0.444 e. The van der Waals surface area contributed by atoms with Crippen molar-refractivity contribution in [3.63, 3.8) is 0 Å². The van der Waals surface area contributed by atoms with Gasteiger partial charge in [-0.15, -0.1) is 0 Å². The van der Waals surface area contributed by atoms with Gasteiger partial charge in [0.1, 0.15) is 23.9 Å². The number of aliphatic hydroxyl groups is 2. The molecule has 0 spiro atoms. The summed E-state index contributed by atoms with van der Waals surface area (Å²) in [5, 5.41) is 29.7. The first-order valence-corrected chi connectivity index (χ1v) is 12.6. The lowest BCUT2D eigenvalue weighted by atomic mass is 10.0. The first-order valence-electron chi connectivity index (χ1n) is 12.2. The van der Waals surface area contributed by atoms with Crippen LogP contribution in [0.25, 0.3) is 0 Å². The summed E-state index contributed by atoms with van der Waals surface area (Å²) < 4.78 is 22.3. The van der Waals surface area contributed by atoms with Crippen LogP contribution in [0.15, 0.2) is 0 Å². The number of nitrogens with one attached hydrogen (secondary N) is 3. The van der Waals surface area contributed by atoms with E-state index in [-0.39, 0.29) is 12.7 Å². The number of carbonyl (C=O) groups excluding carboxylic acids is 1. The van der Waals surface area contributed by atoms with Crippen molar-refractivity contribution in [1.29, 1.82) is 0 Å². The summed E-state index contributed by atoms with van der Waals surface area (Å²) in [5.74, 6) is -0.808. The Balaban J connectivity index is 1.50. The maximum atomic E-state index is 11.6. The number of hydrogen-bond donors (Lipinski definition) is 5. The fraction of sp³-hybridized carbons (Fsp3) is 0.913. The zero-order chi connectivity index (χ0) is 25.4.